The molecule has 5 aromatic rings. The van der Waals surface area contributed by atoms with E-state index in [4.69, 9.17) is 9.56 Å². The van der Waals surface area contributed by atoms with Gasteiger partial charge in [-0.25, -0.2) is 27.0 Å². The first-order chi connectivity index (χ1) is 18.1. The van der Waals surface area contributed by atoms with E-state index in [1.165, 1.54) is 11.3 Å². The Bertz CT molecular complexity index is 1800. The highest BCUT2D eigenvalue weighted by atomic mass is 32.2. The van der Waals surface area contributed by atoms with Crippen molar-refractivity contribution in [2.24, 2.45) is 5.14 Å². The summed E-state index contributed by atoms with van der Waals surface area (Å²) in [5, 5.41) is 11.9. The first-order valence-electron chi connectivity index (χ1n) is 11.6. The lowest BCUT2D eigenvalue weighted by molar-refractivity contribution is 0.453. The van der Waals surface area contributed by atoms with Crippen LogP contribution in [0.2, 0.25) is 0 Å². The van der Waals surface area contributed by atoms with Crippen molar-refractivity contribution in [1.82, 2.24) is 15.2 Å². The van der Waals surface area contributed by atoms with E-state index in [0.29, 0.717) is 16.1 Å². The van der Waals surface area contributed by atoms with Gasteiger partial charge in [-0.3, -0.25) is 0 Å². The third-order valence-electron chi connectivity index (χ3n) is 5.89. The zero-order valence-electron chi connectivity index (χ0n) is 20.3. The first kappa shape index (κ1) is 26.2. The fourth-order valence-corrected chi connectivity index (χ4v) is 7.60. The molecule has 0 aliphatic heterocycles. The maximum absolute atomic E-state index is 13.7. The first-order valence-corrected chi connectivity index (χ1v) is 15.9. The molecular formula is C26H24N4O5S3. The fourth-order valence-electron chi connectivity index (χ4n) is 3.99. The van der Waals surface area contributed by atoms with Gasteiger partial charge in [-0.05, 0) is 35.7 Å². The van der Waals surface area contributed by atoms with Gasteiger partial charge >= 0.3 is 0 Å². The third-order valence-corrected chi connectivity index (χ3v) is 9.78. The van der Waals surface area contributed by atoms with Crippen LogP contribution in [0.4, 0.5) is 0 Å². The number of primary sulfonamides is 1. The van der Waals surface area contributed by atoms with Crippen LogP contribution in [0, 0.1) is 6.92 Å². The number of sulfonamides is 1. The van der Waals surface area contributed by atoms with E-state index in [0.717, 1.165) is 21.4 Å². The van der Waals surface area contributed by atoms with Crippen LogP contribution < -0.4 is 5.14 Å². The molecular weight excluding hydrogens is 545 g/mol. The highest BCUT2D eigenvalue weighted by molar-refractivity contribution is 7.91. The summed E-state index contributed by atoms with van der Waals surface area (Å²) in [6.07, 6.45) is -0.128. The molecule has 0 bridgehead atoms. The van der Waals surface area contributed by atoms with E-state index in [9.17, 15) is 16.8 Å². The van der Waals surface area contributed by atoms with Crippen molar-refractivity contribution >= 4 is 41.4 Å². The minimum atomic E-state index is -3.92. The van der Waals surface area contributed by atoms with Gasteiger partial charge in [0.15, 0.2) is 15.1 Å². The second-order valence-electron chi connectivity index (χ2n) is 8.92. The van der Waals surface area contributed by atoms with Gasteiger partial charge in [-0.15, -0.1) is 21.5 Å². The predicted octanol–water partition coefficient (Wildman–Crippen LogP) is 4.19. The van der Waals surface area contributed by atoms with Crippen LogP contribution in [0.1, 0.15) is 33.2 Å². The van der Waals surface area contributed by atoms with E-state index >= 15 is 0 Å². The Kier molecular flexibility index (Phi) is 7.14. The summed E-state index contributed by atoms with van der Waals surface area (Å²) in [5.41, 5.74) is 4.44. The fraction of sp³-hybridized carbons (Fsp3) is 0.192. The van der Waals surface area contributed by atoms with Crippen molar-refractivity contribution in [3.63, 3.8) is 0 Å². The van der Waals surface area contributed by atoms with Gasteiger partial charge in [-0.2, -0.15) is 0 Å². The number of sulfone groups is 1. The van der Waals surface area contributed by atoms with Gasteiger partial charge in [0.25, 0.3) is 0 Å². The normalized spacial score (nSPS) is 13.1. The molecule has 0 aliphatic rings. The quantitative estimate of drug-likeness (QED) is 0.278. The summed E-state index contributed by atoms with van der Waals surface area (Å²) >= 11 is 1.24. The average molecular weight is 569 g/mol. The minimum absolute atomic E-state index is 0.0169. The van der Waals surface area contributed by atoms with Crippen molar-refractivity contribution in [2.45, 2.75) is 24.3 Å². The molecule has 0 amide bonds. The summed E-state index contributed by atoms with van der Waals surface area (Å²) in [6, 6.07) is 22.7. The lowest BCUT2D eigenvalue weighted by atomic mass is 10.0. The predicted molar refractivity (Wildman–Crippen MR) is 147 cm³/mol. The molecule has 0 saturated heterocycles. The number of aromatic nitrogens is 3. The highest BCUT2D eigenvalue weighted by Crippen LogP contribution is 2.38. The number of thiazole rings is 1. The topological polar surface area (TPSA) is 146 Å². The summed E-state index contributed by atoms with van der Waals surface area (Å²) in [5.74, 6) is -0.850. The van der Waals surface area contributed by atoms with Crippen molar-refractivity contribution in [2.75, 3.05) is 5.75 Å². The van der Waals surface area contributed by atoms with Gasteiger partial charge in [0.05, 0.1) is 21.7 Å². The monoisotopic (exact) mass is 568 g/mol. The SMILES string of the molecule is Cc1ccc(-c2ccc3nc(C(c4nnc(CCS(N)(=O)=O)o4)S(=O)(=O)Cc4ccccc4)sc3c2)cc1. The molecule has 5 rings (SSSR count). The van der Waals surface area contributed by atoms with Gasteiger partial charge in [-0.1, -0.05) is 66.2 Å². The molecule has 38 heavy (non-hydrogen) atoms. The maximum Gasteiger partial charge on any atom is 0.241 e. The molecule has 0 radical (unpaired) electrons. The van der Waals surface area contributed by atoms with Gasteiger partial charge < -0.3 is 4.42 Å². The standard InChI is InChI=1S/C26H24N4O5S3/c1-17-7-9-19(10-8-17)20-11-12-21-22(15-20)36-26(28-21)24(37(31,32)16-18-5-3-2-4-6-18)25-30-29-23(35-25)13-14-38(27,33)34/h2-12,15,24H,13-14,16H2,1H3,(H2,27,33,34). The van der Waals surface area contributed by atoms with E-state index in [1.54, 1.807) is 24.3 Å². The molecule has 0 spiro atoms. The van der Waals surface area contributed by atoms with Crippen LogP contribution in [0.3, 0.4) is 0 Å². The van der Waals surface area contributed by atoms with Crippen molar-refractivity contribution in [3.05, 3.63) is 101 Å². The molecule has 1 atom stereocenters. The van der Waals surface area contributed by atoms with E-state index in [1.807, 2.05) is 55.5 Å². The molecule has 0 saturated carbocycles. The van der Waals surface area contributed by atoms with Gasteiger partial charge in [0.1, 0.15) is 5.01 Å². The minimum Gasteiger partial charge on any atom is -0.423 e. The number of aryl methyl sites for hydroxylation is 2. The molecule has 2 aromatic heterocycles. The summed E-state index contributed by atoms with van der Waals surface area (Å²) in [7, 11) is -7.68. The third kappa shape index (κ3) is 5.99. The van der Waals surface area contributed by atoms with Gasteiger partial charge in [0, 0.05) is 6.42 Å². The maximum atomic E-state index is 13.7. The summed E-state index contributed by atoms with van der Waals surface area (Å²) in [4.78, 5) is 4.64. The molecule has 0 aliphatic carbocycles. The van der Waals surface area contributed by atoms with Crippen LogP contribution in [-0.2, 0) is 32.0 Å². The molecule has 12 heteroatoms. The van der Waals surface area contributed by atoms with Crippen molar-refractivity contribution in [3.8, 4) is 11.1 Å². The second-order valence-corrected chi connectivity index (χ2v) is 13.8. The van der Waals surface area contributed by atoms with Crippen LogP contribution >= 0.6 is 11.3 Å². The Morgan fingerprint density at radius 2 is 1.63 bits per heavy atom. The highest BCUT2D eigenvalue weighted by Gasteiger charge is 2.37. The molecule has 2 heterocycles. The zero-order valence-corrected chi connectivity index (χ0v) is 22.8. The Balaban J connectivity index is 1.56. The number of fused-ring (bicyclic) bond motifs is 1. The number of nitrogens with zero attached hydrogens (tertiary/aromatic N) is 3. The Hall–Kier alpha value is -3.45. The average Bonchev–Trinajstić information content (AvgIpc) is 3.49. The Labute approximate surface area is 224 Å². The second kappa shape index (κ2) is 10.4. The molecule has 9 nitrogen and oxygen atoms in total. The van der Waals surface area contributed by atoms with Crippen LogP contribution in [0.25, 0.3) is 21.3 Å². The number of rotatable bonds is 9. The molecule has 0 fully saturated rings. The Morgan fingerprint density at radius 3 is 2.34 bits per heavy atom. The van der Waals surface area contributed by atoms with Crippen LogP contribution in [-0.4, -0.2) is 37.8 Å². The van der Waals surface area contributed by atoms with E-state index < -0.39 is 30.9 Å². The number of nitrogens with two attached hydrogens (primary N) is 1. The van der Waals surface area contributed by atoms with E-state index in [2.05, 4.69) is 15.2 Å². The lowest BCUT2D eigenvalue weighted by Gasteiger charge is -2.12. The van der Waals surface area contributed by atoms with Gasteiger partial charge in [0.2, 0.25) is 21.8 Å². The van der Waals surface area contributed by atoms with Crippen LogP contribution in [0.5, 0.6) is 0 Å². The van der Waals surface area contributed by atoms with E-state index in [-0.39, 0.29) is 24.0 Å². The zero-order chi connectivity index (χ0) is 26.9. The Morgan fingerprint density at radius 1 is 0.921 bits per heavy atom. The number of hydrogen-bond donors (Lipinski definition) is 1. The number of hydrogen-bond acceptors (Lipinski definition) is 9. The number of benzene rings is 3. The smallest absolute Gasteiger partial charge is 0.241 e. The lowest BCUT2D eigenvalue weighted by Crippen LogP contribution is -2.18. The molecule has 196 valence electrons. The van der Waals surface area contributed by atoms with Crippen molar-refractivity contribution < 1.29 is 21.3 Å². The summed E-state index contributed by atoms with van der Waals surface area (Å²) < 4.78 is 56.7. The summed E-state index contributed by atoms with van der Waals surface area (Å²) in [6.45, 7) is 2.02. The molecule has 3 aromatic carbocycles. The largest absolute Gasteiger partial charge is 0.423 e. The van der Waals surface area contributed by atoms with Crippen molar-refractivity contribution in [1.29, 1.82) is 0 Å². The molecule has 1 unspecified atom stereocenters. The van der Waals surface area contributed by atoms with Crippen LogP contribution in [0.15, 0.2) is 77.2 Å². The molecule has 2 N–H and O–H groups in total.